The van der Waals surface area contributed by atoms with Crippen molar-refractivity contribution in [2.45, 2.75) is 32.9 Å². The number of nitrogens with one attached hydrogen (secondary N) is 1. The van der Waals surface area contributed by atoms with Crippen LogP contribution in [-0.4, -0.2) is 17.6 Å². The molecule has 0 atom stereocenters. The summed E-state index contributed by atoms with van der Waals surface area (Å²) in [6, 6.07) is 16.1. The van der Waals surface area contributed by atoms with Crippen LogP contribution in [0.5, 0.6) is 5.75 Å². The number of hydrogen-bond acceptors (Lipinski definition) is 2. The predicted molar refractivity (Wildman–Crippen MR) is 101 cm³/mol. The quantitative estimate of drug-likeness (QED) is 0.711. The Bertz CT molecular complexity index is 850. The van der Waals surface area contributed by atoms with Crippen LogP contribution >= 0.6 is 0 Å². The zero-order valence-corrected chi connectivity index (χ0v) is 14.8. The van der Waals surface area contributed by atoms with Crippen LogP contribution in [0.2, 0.25) is 0 Å². The Labute approximate surface area is 148 Å². The maximum atomic E-state index is 12.2. The molecule has 3 aromatic rings. The average Bonchev–Trinajstić information content (AvgIpc) is 3.03. The van der Waals surface area contributed by atoms with Crippen molar-refractivity contribution in [2.75, 3.05) is 7.11 Å². The lowest BCUT2D eigenvalue weighted by Gasteiger charge is -2.06. The molecule has 0 bridgehead atoms. The summed E-state index contributed by atoms with van der Waals surface area (Å²) in [7, 11) is 1.65. The van der Waals surface area contributed by atoms with Gasteiger partial charge in [0.15, 0.2) is 0 Å². The van der Waals surface area contributed by atoms with Gasteiger partial charge in [0.1, 0.15) is 5.75 Å². The van der Waals surface area contributed by atoms with Crippen molar-refractivity contribution in [2.24, 2.45) is 0 Å². The molecule has 4 nitrogen and oxygen atoms in total. The van der Waals surface area contributed by atoms with Gasteiger partial charge in [-0.05, 0) is 42.7 Å². The highest BCUT2D eigenvalue weighted by Gasteiger charge is 2.09. The number of benzene rings is 2. The second kappa shape index (κ2) is 7.88. The van der Waals surface area contributed by atoms with Crippen LogP contribution in [0.25, 0.3) is 10.9 Å². The topological polar surface area (TPSA) is 43.3 Å². The fraction of sp³-hybridized carbons (Fsp3) is 0.286. The van der Waals surface area contributed by atoms with Crippen LogP contribution in [0.3, 0.4) is 0 Å². The zero-order chi connectivity index (χ0) is 17.6. The van der Waals surface area contributed by atoms with E-state index in [1.165, 1.54) is 16.5 Å². The Hall–Kier alpha value is -2.75. The Balaban J connectivity index is 1.57. The highest BCUT2D eigenvalue weighted by atomic mass is 16.5. The molecule has 0 aliphatic heterocycles. The standard InChI is InChI=1S/C21H24N2O2/c1-3-23-15-17(19-6-4-5-7-20(19)23)10-13-21(24)22-14-16-8-11-18(25-2)12-9-16/h4-9,11-12,15H,3,10,13-14H2,1-2H3,(H,22,24). The van der Waals surface area contributed by atoms with E-state index in [-0.39, 0.29) is 5.91 Å². The molecule has 0 spiro atoms. The summed E-state index contributed by atoms with van der Waals surface area (Å²) in [5.41, 5.74) is 3.53. The maximum Gasteiger partial charge on any atom is 0.220 e. The first kappa shape index (κ1) is 17.1. The number of carbonyl (C=O) groups excluding carboxylic acids is 1. The average molecular weight is 336 g/mol. The highest BCUT2D eigenvalue weighted by Crippen LogP contribution is 2.22. The summed E-state index contributed by atoms with van der Waals surface area (Å²) >= 11 is 0. The predicted octanol–water partition coefficient (Wildman–Crippen LogP) is 3.92. The summed E-state index contributed by atoms with van der Waals surface area (Å²) in [5, 5.41) is 4.23. The van der Waals surface area contributed by atoms with E-state index in [9.17, 15) is 4.79 Å². The van der Waals surface area contributed by atoms with Crippen molar-refractivity contribution < 1.29 is 9.53 Å². The maximum absolute atomic E-state index is 12.2. The van der Waals surface area contributed by atoms with E-state index in [1.807, 2.05) is 24.3 Å². The molecule has 0 fully saturated rings. The van der Waals surface area contributed by atoms with Gasteiger partial charge in [-0.1, -0.05) is 30.3 Å². The monoisotopic (exact) mass is 336 g/mol. The third kappa shape index (κ3) is 4.02. The number of nitrogens with zero attached hydrogens (tertiary/aromatic N) is 1. The minimum absolute atomic E-state index is 0.0733. The van der Waals surface area contributed by atoms with Crippen LogP contribution in [0, 0.1) is 0 Å². The summed E-state index contributed by atoms with van der Waals surface area (Å²) in [4.78, 5) is 12.2. The molecule has 3 rings (SSSR count). The molecule has 0 aliphatic rings. The molecule has 25 heavy (non-hydrogen) atoms. The first-order chi connectivity index (χ1) is 12.2. The molecule has 2 aromatic carbocycles. The number of aromatic nitrogens is 1. The van der Waals surface area contributed by atoms with Crippen molar-refractivity contribution in [1.29, 1.82) is 0 Å². The summed E-state index contributed by atoms with van der Waals surface area (Å²) < 4.78 is 7.38. The van der Waals surface area contributed by atoms with Crippen LogP contribution in [0.4, 0.5) is 0 Å². The summed E-state index contributed by atoms with van der Waals surface area (Å²) in [6.45, 7) is 3.61. The van der Waals surface area contributed by atoms with E-state index in [4.69, 9.17) is 4.74 Å². The van der Waals surface area contributed by atoms with Crippen molar-refractivity contribution in [1.82, 2.24) is 9.88 Å². The smallest absolute Gasteiger partial charge is 0.220 e. The molecule has 1 aromatic heterocycles. The van der Waals surface area contributed by atoms with Gasteiger partial charge in [-0.15, -0.1) is 0 Å². The zero-order valence-electron chi connectivity index (χ0n) is 14.8. The number of para-hydroxylation sites is 1. The molecular weight excluding hydrogens is 312 g/mol. The Morgan fingerprint density at radius 3 is 2.60 bits per heavy atom. The molecule has 0 aliphatic carbocycles. The van der Waals surface area contributed by atoms with Crippen LogP contribution < -0.4 is 10.1 Å². The molecule has 0 saturated carbocycles. The number of hydrogen-bond donors (Lipinski definition) is 1. The van der Waals surface area contributed by atoms with E-state index in [0.29, 0.717) is 13.0 Å². The van der Waals surface area contributed by atoms with E-state index in [2.05, 4.69) is 47.3 Å². The van der Waals surface area contributed by atoms with E-state index < -0.39 is 0 Å². The molecule has 0 radical (unpaired) electrons. The molecular formula is C21H24N2O2. The number of amides is 1. The number of aryl methyl sites for hydroxylation is 2. The van der Waals surface area contributed by atoms with Gasteiger partial charge >= 0.3 is 0 Å². The van der Waals surface area contributed by atoms with Crippen LogP contribution in [0.15, 0.2) is 54.7 Å². The second-order valence-corrected chi connectivity index (χ2v) is 6.08. The first-order valence-corrected chi connectivity index (χ1v) is 8.67. The molecule has 1 heterocycles. The fourth-order valence-corrected chi connectivity index (χ4v) is 3.06. The molecule has 1 N–H and O–H groups in total. The van der Waals surface area contributed by atoms with Crippen LogP contribution in [-0.2, 0) is 24.3 Å². The van der Waals surface area contributed by atoms with E-state index in [1.54, 1.807) is 7.11 Å². The summed E-state index contributed by atoms with van der Waals surface area (Å²) in [6.07, 6.45) is 3.41. The molecule has 130 valence electrons. The number of rotatable bonds is 7. The van der Waals surface area contributed by atoms with Gasteiger partial charge in [-0.3, -0.25) is 4.79 Å². The number of methoxy groups -OCH3 is 1. The van der Waals surface area contributed by atoms with Gasteiger partial charge in [0.05, 0.1) is 7.11 Å². The van der Waals surface area contributed by atoms with E-state index in [0.717, 1.165) is 24.3 Å². The number of carbonyl (C=O) groups is 1. The molecule has 1 amide bonds. The normalized spacial score (nSPS) is 10.8. The van der Waals surface area contributed by atoms with Gasteiger partial charge < -0.3 is 14.6 Å². The lowest BCUT2D eigenvalue weighted by atomic mass is 10.1. The lowest BCUT2D eigenvalue weighted by Crippen LogP contribution is -2.22. The Morgan fingerprint density at radius 2 is 1.88 bits per heavy atom. The van der Waals surface area contributed by atoms with Gasteiger partial charge in [-0.25, -0.2) is 0 Å². The highest BCUT2D eigenvalue weighted by molar-refractivity contribution is 5.85. The SMILES string of the molecule is CCn1cc(CCC(=O)NCc2ccc(OC)cc2)c2ccccc21. The van der Waals surface area contributed by atoms with Gasteiger partial charge in [0, 0.05) is 36.6 Å². The van der Waals surface area contributed by atoms with E-state index >= 15 is 0 Å². The van der Waals surface area contributed by atoms with Crippen molar-refractivity contribution >= 4 is 16.8 Å². The lowest BCUT2D eigenvalue weighted by molar-refractivity contribution is -0.121. The molecule has 0 saturated heterocycles. The minimum Gasteiger partial charge on any atom is -0.497 e. The van der Waals surface area contributed by atoms with Crippen molar-refractivity contribution in [3.8, 4) is 5.75 Å². The molecule has 0 unspecified atom stereocenters. The van der Waals surface area contributed by atoms with Crippen molar-refractivity contribution in [3.63, 3.8) is 0 Å². The Morgan fingerprint density at radius 1 is 1.12 bits per heavy atom. The largest absolute Gasteiger partial charge is 0.497 e. The third-order valence-corrected chi connectivity index (χ3v) is 4.48. The summed E-state index contributed by atoms with van der Waals surface area (Å²) in [5.74, 6) is 0.895. The first-order valence-electron chi connectivity index (χ1n) is 8.67. The molecule has 4 heteroatoms. The second-order valence-electron chi connectivity index (χ2n) is 6.08. The van der Waals surface area contributed by atoms with Gasteiger partial charge in [0.25, 0.3) is 0 Å². The van der Waals surface area contributed by atoms with Gasteiger partial charge in [-0.2, -0.15) is 0 Å². The third-order valence-electron chi connectivity index (χ3n) is 4.48. The number of fused-ring (bicyclic) bond motifs is 1. The van der Waals surface area contributed by atoms with Crippen LogP contribution in [0.1, 0.15) is 24.5 Å². The Kier molecular flexibility index (Phi) is 5.39. The fourth-order valence-electron chi connectivity index (χ4n) is 3.06. The van der Waals surface area contributed by atoms with Gasteiger partial charge in [0.2, 0.25) is 5.91 Å². The van der Waals surface area contributed by atoms with Crippen molar-refractivity contribution in [3.05, 3.63) is 65.9 Å². The number of ether oxygens (including phenoxy) is 1. The minimum atomic E-state index is 0.0733.